The van der Waals surface area contributed by atoms with E-state index in [9.17, 15) is 13.2 Å². The van der Waals surface area contributed by atoms with E-state index in [1.54, 1.807) is 0 Å². The Labute approximate surface area is 103 Å². The molecular weight excluding hydrogens is 245 g/mol. The Kier molecular flexibility index (Phi) is 3.70. The number of hydrogen-bond donors (Lipinski definition) is 1. The van der Waals surface area contributed by atoms with Crippen molar-refractivity contribution in [1.82, 2.24) is 10.2 Å². The van der Waals surface area contributed by atoms with E-state index in [0.717, 1.165) is 32.0 Å². The van der Waals surface area contributed by atoms with Gasteiger partial charge in [0.15, 0.2) is 11.5 Å². The summed E-state index contributed by atoms with van der Waals surface area (Å²) in [7, 11) is 0. The SMILES string of the molecule is NCC1CCCN(c2ccc(C(F)(F)F)nn2)C1. The molecule has 1 aromatic rings. The number of nitrogens with zero attached hydrogens (tertiary/aromatic N) is 3. The largest absolute Gasteiger partial charge is 0.435 e. The van der Waals surface area contributed by atoms with Crippen LogP contribution in [0.15, 0.2) is 12.1 Å². The molecule has 1 fully saturated rings. The highest BCUT2D eigenvalue weighted by Gasteiger charge is 2.33. The third kappa shape index (κ3) is 2.90. The van der Waals surface area contributed by atoms with Gasteiger partial charge in [0.1, 0.15) is 0 Å². The lowest BCUT2D eigenvalue weighted by molar-refractivity contribution is -0.141. The maximum absolute atomic E-state index is 12.3. The van der Waals surface area contributed by atoms with Gasteiger partial charge in [0.25, 0.3) is 0 Å². The number of alkyl halides is 3. The van der Waals surface area contributed by atoms with Crippen LogP contribution in [0.2, 0.25) is 0 Å². The number of halogens is 3. The third-order valence-electron chi connectivity index (χ3n) is 3.12. The fourth-order valence-corrected chi connectivity index (χ4v) is 2.11. The predicted octanol–water partition coefficient (Wildman–Crippen LogP) is 1.67. The average molecular weight is 260 g/mol. The molecule has 2 rings (SSSR count). The van der Waals surface area contributed by atoms with Crippen LogP contribution < -0.4 is 10.6 Å². The van der Waals surface area contributed by atoms with Gasteiger partial charge < -0.3 is 10.6 Å². The van der Waals surface area contributed by atoms with Gasteiger partial charge in [-0.25, -0.2) is 0 Å². The normalized spacial score (nSPS) is 21.1. The zero-order valence-corrected chi connectivity index (χ0v) is 9.82. The third-order valence-corrected chi connectivity index (χ3v) is 3.12. The lowest BCUT2D eigenvalue weighted by Gasteiger charge is -2.32. The average Bonchev–Trinajstić information content (AvgIpc) is 2.38. The van der Waals surface area contributed by atoms with Crippen LogP contribution in [0.4, 0.5) is 19.0 Å². The highest BCUT2D eigenvalue weighted by molar-refractivity contribution is 5.38. The smallest absolute Gasteiger partial charge is 0.355 e. The molecule has 4 nitrogen and oxygen atoms in total. The maximum Gasteiger partial charge on any atom is 0.435 e. The molecule has 0 amide bonds. The molecule has 2 N–H and O–H groups in total. The van der Waals surface area contributed by atoms with Crippen LogP contribution in [0.5, 0.6) is 0 Å². The van der Waals surface area contributed by atoms with Crippen molar-refractivity contribution in [3.63, 3.8) is 0 Å². The molecule has 100 valence electrons. The summed E-state index contributed by atoms with van der Waals surface area (Å²) in [6, 6.07) is 2.34. The number of nitrogens with two attached hydrogens (primary N) is 1. The Morgan fingerprint density at radius 1 is 1.33 bits per heavy atom. The summed E-state index contributed by atoms with van der Waals surface area (Å²) in [5, 5.41) is 6.88. The van der Waals surface area contributed by atoms with E-state index in [-0.39, 0.29) is 0 Å². The molecule has 0 saturated carbocycles. The van der Waals surface area contributed by atoms with Crippen LogP contribution in [0.25, 0.3) is 0 Å². The maximum atomic E-state index is 12.3. The predicted molar refractivity (Wildman–Crippen MR) is 61.0 cm³/mol. The number of piperidine rings is 1. The van der Waals surface area contributed by atoms with Crippen molar-refractivity contribution >= 4 is 5.82 Å². The van der Waals surface area contributed by atoms with Crippen molar-refractivity contribution in [3.8, 4) is 0 Å². The van der Waals surface area contributed by atoms with Gasteiger partial charge in [0.2, 0.25) is 0 Å². The molecule has 1 saturated heterocycles. The molecule has 7 heteroatoms. The number of aromatic nitrogens is 2. The topological polar surface area (TPSA) is 55.0 Å². The summed E-state index contributed by atoms with van der Waals surface area (Å²) >= 11 is 0. The van der Waals surface area contributed by atoms with Gasteiger partial charge >= 0.3 is 6.18 Å². The molecule has 0 aromatic carbocycles. The van der Waals surface area contributed by atoms with Crippen molar-refractivity contribution < 1.29 is 13.2 Å². The molecule has 1 aliphatic heterocycles. The zero-order valence-electron chi connectivity index (χ0n) is 9.82. The summed E-state index contributed by atoms with van der Waals surface area (Å²) in [5.74, 6) is 0.865. The van der Waals surface area contributed by atoms with E-state index in [1.807, 2.05) is 4.90 Å². The van der Waals surface area contributed by atoms with Crippen molar-refractivity contribution in [1.29, 1.82) is 0 Å². The molecule has 1 unspecified atom stereocenters. The zero-order chi connectivity index (χ0) is 13.2. The first kappa shape index (κ1) is 13.1. The first-order valence-corrected chi connectivity index (χ1v) is 5.86. The van der Waals surface area contributed by atoms with Crippen LogP contribution in [-0.4, -0.2) is 29.8 Å². The van der Waals surface area contributed by atoms with Crippen molar-refractivity contribution in [2.24, 2.45) is 11.7 Å². The Bertz CT molecular complexity index is 390. The molecule has 0 radical (unpaired) electrons. The molecule has 1 aromatic heterocycles. The number of rotatable bonds is 2. The Hall–Kier alpha value is -1.37. The summed E-state index contributed by atoms with van der Waals surface area (Å²) in [4.78, 5) is 1.94. The fourth-order valence-electron chi connectivity index (χ4n) is 2.11. The van der Waals surface area contributed by atoms with Gasteiger partial charge in [-0.15, -0.1) is 10.2 Å². The molecule has 0 bridgehead atoms. The summed E-state index contributed by atoms with van der Waals surface area (Å²) in [6.45, 7) is 2.11. The van der Waals surface area contributed by atoms with E-state index < -0.39 is 11.9 Å². The second kappa shape index (κ2) is 5.09. The summed E-state index contributed by atoms with van der Waals surface area (Å²) < 4.78 is 37.0. The standard InChI is InChI=1S/C11H15F3N4/c12-11(13,14)9-3-4-10(17-16-9)18-5-1-2-8(6-15)7-18/h3-4,8H,1-2,5-7,15H2. The van der Waals surface area contributed by atoms with E-state index in [2.05, 4.69) is 10.2 Å². The van der Waals surface area contributed by atoms with E-state index in [1.165, 1.54) is 6.07 Å². The van der Waals surface area contributed by atoms with E-state index in [0.29, 0.717) is 18.3 Å². The minimum Gasteiger partial charge on any atom is -0.355 e. The van der Waals surface area contributed by atoms with Crippen LogP contribution in [-0.2, 0) is 6.18 Å². The van der Waals surface area contributed by atoms with Crippen molar-refractivity contribution in [3.05, 3.63) is 17.8 Å². The number of hydrogen-bond acceptors (Lipinski definition) is 4. The minimum absolute atomic E-state index is 0.378. The first-order valence-electron chi connectivity index (χ1n) is 5.86. The van der Waals surface area contributed by atoms with E-state index >= 15 is 0 Å². The van der Waals surface area contributed by atoms with E-state index in [4.69, 9.17) is 5.73 Å². The summed E-state index contributed by atoms with van der Waals surface area (Å²) in [6.07, 6.45) is -2.40. The van der Waals surface area contributed by atoms with Gasteiger partial charge in [0.05, 0.1) is 0 Å². The second-order valence-electron chi connectivity index (χ2n) is 4.46. The first-order chi connectivity index (χ1) is 8.50. The fraction of sp³-hybridized carbons (Fsp3) is 0.636. The van der Waals surface area contributed by atoms with Gasteiger partial charge in [-0.2, -0.15) is 13.2 Å². The molecule has 0 spiro atoms. The van der Waals surface area contributed by atoms with Crippen molar-refractivity contribution in [2.75, 3.05) is 24.5 Å². The molecule has 2 heterocycles. The Morgan fingerprint density at radius 2 is 2.11 bits per heavy atom. The number of anilines is 1. The van der Waals surface area contributed by atoms with Gasteiger partial charge in [-0.05, 0) is 37.4 Å². The quantitative estimate of drug-likeness (QED) is 0.878. The second-order valence-corrected chi connectivity index (χ2v) is 4.46. The van der Waals surface area contributed by atoms with Crippen LogP contribution >= 0.6 is 0 Å². The van der Waals surface area contributed by atoms with Crippen molar-refractivity contribution in [2.45, 2.75) is 19.0 Å². The molecule has 18 heavy (non-hydrogen) atoms. The Morgan fingerprint density at radius 3 is 2.67 bits per heavy atom. The monoisotopic (exact) mass is 260 g/mol. The Balaban J connectivity index is 2.09. The lowest BCUT2D eigenvalue weighted by atomic mass is 9.98. The molecular formula is C11H15F3N4. The lowest BCUT2D eigenvalue weighted by Crippen LogP contribution is -2.39. The molecule has 1 aliphatic rings. The highest BCUT2D eigenvalue weighted by Crippen LogP contribution is 2.28. The van der Waals surface area contributed by atoms with Crippen LogP contribution in [0.1, 0.15) is 18.5 Å². The van der Waals surface area contributed by atoms with Crippen LogP contribution in [0, 0.1) is 5.92 Å². The van der Waals surface area contributed by atoms with Crippen LogP contribution in [0.3, 0.4) is 0 Å². The highest BCUT2D eigenvalue weighted by atomic mass is 19.4. The molecule has 1 atom stereocenters. The van der Waals surface area contributed by atoms with Gasteiger partial charge in [-0.1, -0.05) is 0 Å². The minimum atomic E-state index is -4.44. The summed E-state index contributed by atoms with van der Waals surface area (Å²) in [5.41, 5.74) is 4.65. The van der Waals surface area contributed by atoms with Gasteiger partial charge in [-0.3, -0.25) is 0 Å². The van der Waals surface area contributed by atoms with Gasteiger partial charge in [0, 0.05) is 13.1 Å². The molecule has 0 aliphatic carbocycles.